The van der Waals surface area contributed by atoms with E-state index in [0.717, 1.165) is 19.5 Å². The van der Waals surface area contributed by atoms with Gasteiger partial charge < -0.3 is 18.7 Å². The highest BCUT2D eigenvalue weighted by atomic mass is 32.2. The maximum Gasteiger partial charge on any atom is 0.485 e. The van der Waals surface area contributed by atoms with Crippen molar-refractivity contribution in [2.75, 3.05) is 59.0 Å². The molecule has 4 aliphatic rings. The van der Waals surface area contributed by atoms with Crippen molar-refractivity contribution in [3.8, 4) is 0 Å². The van der Waals surface area contributed by atoms with Crippen molar-refractivity contribution in [1.29, 1.82) is 0 Å². The highest BCUT2D eigenvalue weighted by Crippen LogP contribution is 2.29. The van der Waals surface area contributed by atoms with E-state index in [1.165, 1.54) is 43.8 Å². The molecule has 1 atom stereocenters. The van der Waals surface area contributed by atoms with Crippen LogP contribution in [0, 0.1) is 0 Å². The number of ether oxygens (including phenoxy) is 1. The molecule has 0 aromatic rings. The van der Waals surface area contributed by atoms with Crippen molar-refractivity contribution in [1.82, 2.24) is 9.80 Å². The molecule has 0 saturated carbocycles. The van der Waals surface area contributed by atoms with Crippen LogP contribution in [0.5, 0.6) is 0 Å². The van der Waals surface area contributed by atoms with Gasteiger partial charge in [0.05, 0.1) is 26.2 Å². The van der Waals surface area contributed by atoms with Crippen LogP contribution in [0.15, 0.2) is 12.7 Å². The molecular weight excluding hydrogens is 391 g/mol. The van der Waals surface area contributed by atoms with Crippen molar-refractivity contribution in [2.45, 2.75) is 18.0 Å². The summed E-state index contributed by atoms with van der Waals surface area (Å²) in [5.41, 5.74) is -5.65. The Kier molecular flexibility index (Phi) is 6.77. The summed E-state index contributed by atoms with van der Waals surface area (Å²) in [6.07, 6.45) is 2.58. The second-order valence-corrected chi connectivity index (χ2v) is 8.26. The zero-order chi connectivity index (χ0) is 20.3. The third-order valence-electron chi connectivity index (χ3n) is 5.39. The van der Waals surface area contributed by atoms with Gasteiger partial charge in [0, 0.05) is 32.6 Å². The zero-order valence-corrected chi connectivity index (χ0v) is 15.7. The third-order valence-corrected chi connectivity index (χ3v) is 5.96. The van der Waals surface area contributed by atoms with Crippen LogP contribution in [0.25, 0.3) is 0 Å². The molecule has 0 N–H and O–H groups in total. The largest absolute Gasteiger partial charge is 0.741 e. The van der Waals surface area contributed by atoms with Crippen LogP contribution in [0.2, 0.25) is 0 Å². The molecular formula is C15H24F3N3O5S. The lowest BCUT2D eigenvalue weighted by molar-refractivity contribution is -0.961. The average Bonchev–Trinajstić information content (AvgIpc) is 3.11. The first-order chi connectivity index (χ1) is 12.5. The van der Waals surface area contributed by atoms with Gasteiger partial charge in [0.25, 0.3) is 0 Å². The van der Waals surface area contributed by atoms with Crippen LogP contribution in [0.4, 0.5) is 18.0 Å². The smallest absolute Gasteiger partial charge is 0.485 e. The fourth-order valence-corrected chi connectivity index (χ4v) is 3.82. The Bertz CT molecular complexity index is 634. The molecule has 8 nitrogen and oxygen atoms in total. The molecule has 12 heteroatoms. The minimum atomic E-state index is -6.09. The molecule has 156 valence electrons. The Balaban J connectivity index is 0.000000279. The Hall–Kier alpha value is -1.37. The van der Waals surface area contributed by atoms with Gasteiger partial charge >= 0.3 is 11.6 Å². The number of hydrogen-bond donors (Lipinski definition) is 0. The number of carbonyl (C=O) groups excluding carboxylic acids is 1. The predicted molar refractivity (Wildman–Crippen MR) is 88.6 cm³/mol. The van der Waals surface area contributed by atoms with Crippen LogP contribution >= 0.6 is 0 Å². The van der Waals surface area contributed by atoms with Gasteiger partial charge in [0.1, 0.15) is 12.6 Å². The number of amides is 1. The van der Waals surface area contributed by atoms with E-state index in [2.05, 4.69) is 11.5 Å². The first-order valence-electron chi connectivity index (χ1n) is 8.61. The second-order valence-electron chi connectivity index (χ2n) is 6.88. The molecule has 0 spiro atoms. The van der Waals surface area contributed by atoms with E-state index in [1.54, 1.807) is 6.08 Å². The molecule has 0 aliphatic carbocycles. The molecule has 4 rings (SSSR count). The van der Waals surface area contributed by atoms with Crippen molar-refractivity contribution in [3.63, 3.8) is 0 Å². The Morgan fingerprint density at radius 1 is 1.22 bits per heavy atom. The van der Waals surface area contributed by atoms with Crippen molar-refractivity contribution >= 4 is 16.2 Å². The van der Waals surface area contributed by atoms with Crippen molar-refractivity contribution < 1.29 is 40.2 Å². The minimum Gasteiger partial charge on any atom is -0.741 e. The lowest BCUT2D eigenvalue weighted by Crippen LogP contribution is -2.71. The van der Waals surface area contributed by atoms with Crippen LogP contribution in [0.1, 0.15) is 6.42 Å². The predicted octanol–water partition coefficient (Wildman–Crippen LogP) is 0.581. The summed E-state index contributed by atoms with van der Waals surface area (Å²) in [4.78, 5) is 16.3. The maximum absolute atomic E-state index is 11.9. The molecule has 4 fully saturated rings. The van der Waals surface area contributed by atoms with Gasteiger partial charge in [-0.05, 0) is 0 Å². The molecule has 1 amide bonds. The van der Waals surface area contributed by atoms with Gasteiger partial charge in [-0.15, -0.1) is 0 Å². The molecule has 27 heavy (non-hydrogen) atoms. The summed E-state index contributed by atoms with van der Waals surface area (Å²) in [5.74, 6) is 0. The van der Waals surface area contributed by atoms with Gasteiger partial charge in [0.2, 0.25) is 0 Å². The van der Waals surface area contributed by atoms with Crippen LogP contribution in [-0.2, 0) is 14.9 Å². The second kappa shape index (κ2) is 8.33. The van der Waals surface area contributed by atoms with Gasteiger partial charge in [-0.1, -0.05) is 12.7 Å². The Morgan fingerprint density at radius 2 is 1.74 bits per heavy atom. The Labute approximate surface area is 156 Å². The van der Waals surface area contributed by atoms with Gasteiger partial charge in [-0.3, -0.25) is 4.90 Å². The monoisotopic (exact) mass is 415 g/mol. The van der Waals surface area contributed by atoms with Crippen molar-refractivity contribution in [3.05, 3.63) is 12.7 Å². The van der Waals surface area contributed by atoms with E-state index >= 15 is 0 Å². The fourth-order valence-electron chi connectivity index (χ4n) is 3.82. The number of fused-ring (bicyclic) bond motifs is 3. The van der Waals surface area contributed by atoms with E-state index in [-0.39, 0.29) is 6.09 Å². The van der Waals surface area contributed by atoms with Crippen LogP contribution in [0.3, 0.4) is 0 Å². The van der Waals surface area contributed by atoms with E-state index in [4.69, 9.17) is 17.7 Å². The quantitative estimate of drug-likeness (QED) is 0.290. The van der Waals surface area contributed by atoms with E-state index < -0.39 is 15.6 Å². The summed E-state index contributed by atoms with van der Waals surface area (Å²) in [7, 11) is -6.09. The molecule has 0 aromatic heterocycles. The van der Waals surface area contributed by atoms with Crippen LogP contribution in [-0.4, -0.2) is 104 Å². The van der Waals surface area contributed by atoms with Crippen LogP contribution < -0.4 is 0 Å². The highest BCUT2D eigenvalue weighted by molar-refractivity contribution is 7.86. The van der Waals surface area contributed by atoms with Crippen molar-refractivity contribution in [2.24, 2.45) is 0 Å². The normalized spacial score (nSPS) is 30.4. The van der Waals surface area contributed by atoms with Gasteiger partial charge in [0.15, 0.2) is 10.1 Å². The number of likely N-dealkylation sites (tertiary alicyclic amines) is 1. The molecule has 4 saturated heterocycles. The summed E-state index contributed by atoms with van der Waals surface area (Å²) >= 11 is 0. The zero-order valence-electron chi connectivity index (χ0n) is 14.9. The minimum absolute atomic E-state index is 0.170. The van der Waals surface area contributed by atoms with E-state index in [9.17, 15) is 18.0 Å². The lowest BCUT2D eigenvalue weighted by atomic mass is 10.0. The highest BCUT2D eigenvalue weighted by Gasteiger charge is 2.47. The lowest BCUT2D eigenvalue weighted by Gasteiger charge is -2.53. The number of rotatable bonds is 3. The number of carbonyl (C=O) groups is 1. The molecule has 4 aliphatic heterocycles. The van der Waals surface area contributed by atoms with E-state index in [0.29, 0.717) is 12.6 Å². The number of piperazine rings is 3. The molecule has 0 radical (unpaired) electrons. The number of hydrogen-bond acceptors (Lipinski definition) is 6. The van der Waals surface area contributed by atoms with E-state index in [1.807, 2.05) is 4.90 Å². The molecule has 0 aromatic carbocycles. The number of nitrogens with zero attached hydrogens (tertiary/aromatic N) is 3. The number of quaternary nitrogens is 1. The first-order valence-corrected chi connectivity index (χ1v) is 10.0. The summed E-state index contributed by atoms with van der Waals surface area (Å²) in [5, 5.41) is 0. The molecule has 4 heterocycles. The number of halogens is 3. The van der Waals surface area contributed by atoms with Gasteiger partial charge in [-0.2, -0.15) is 13.2 Å². The average molecular weight is 415 g/mol. The Morgan fingerprint density at radius 3 is 2.19 bits per heavy atom. The first kappa shape index (κ1) is 21.9. The summed E-state index contributed by atoms with van der Waals surface area (Å²) in [6.45, 7) is 13.1. The fraction of sp³-hybridized carbons (Fsp3) is 0.800. The summed E-state index contributed by atoms with van der Waals surface area (Å²) in [6, 6.07) is 0.624. The summed E-state index contributed by atoms with van der Waals surface area (Å²) < 4.78 is 65.3. The number of alkyl halides is 3. The topological polar surface area (TPSA) is 90.0 Å². The maximum atomic E-state index is 11.9. The third kappa shape index (κ3) is 5.33. The van der Waals surface area contributed by atoms with Gasteiger partial charge in [-0.25, -0.2) is 13.2 Å². The molecule has 2 bridgehead atoms. The molecule has 1 unspecified atom stereocenters. The standard InChI is InChI=1S/C14H24N3O2.CHF3O3S/c1-2-11-19-14(18)16-4-3-13(12-16)17-8-5-15(6-9-17)7-10-17;2-1(3,4)8(5,6)7/h2,13H,1,3-12H2;(H,5,6,7)/q+1;/p-1. The SMILES string of the molecule is C=CCOC(=O)N1CCC([N+]23CCN(CC2)CC3)C1.O=S(=O)([O-])C(F)(F)F.